The third kappa shape index (κ3) is 3.34. The summed E-state index contributed by atoms with van der Waals surface area (Å²) in [6.45, 7) is 6.91. The maximum atomic E-state index is 9.60. The first-order chi connectivity index (χ1) is 8.50. The summed E-state index contributed by atoms with van der Waals surface area (Å²) in [5, 5.41) is 13.2. The summed E-state index contributed by atoms with van der Waals surface area (Å²) in [6, 6.07) is 5.10. The molecular weight excluding hydrogens is 242 g/mol. The Morgan fingerprint density at radius 1 is 1.33 bits per heavy atom. The van der Waals surface area contributed by atoms with Crippen molar-refractivity contribution in [2.24, 2.45) is 0 Å². The van der Waals surface area contributed by atoms with Crippen molar-refractivity contribution in [3.05, 3.63) is 21.9 Å². The molecule has 2 nitrogen and oxygen atoms in total. The third-order valence-corrected chi connectivity index (χ3v) is 5.31. The minimum atomic E-state index is 0.120. The molecule has 0 saturated heterocycles. The van der Waals surface area contributed by atoms with Crippen molar-refractivity contribution in [2.45, 2.75) is 64.0 Å². The summed E-state index contributed by atoms with van der Waals surface area (Å²) in [7, 11) is 0. The van der Waals surface area contributed by atoms with Crippen molar-refractivity contribution >= 4 is 11.3 Å². The van der Waals surface area contributed by atoms with Crippen LogP contribution in [-0.2, 0) is 5.41 Å². The maximum absolute atomic E-state index is 9.60. The zero-order valence-corrected chi connectivity index (χ0v) is 12.5. The monoisotopic (exact) mass is 267 g/mol. The minimum Gasteiger partial charge on any atom is -0.394 e. The van der Waals surface area contributed by atoms with Crippen LogP contribution in [0.15, 0.2) is 12.1 Å². The average Bonchev–Trinajstić information content (AvgIpc) is 2.95. The number of aliphatic hydroxyl groups excluding tert-OH is 1. The molecule has 1 aromatic heterocycles. The molecular formula is C15H25NOS. The summed E-state index contributed by atoms with van der Waals surface area (Å²) in [5.74, 6) is 0. The number of nitrogens with one attached hydrogen (secondary N) is 1. The number of aliphatic hydroxyl groups is 1. The Balaban J connectivity index is 2.05. The van der Waals surface area contributed by atoms with E-state index in [1.165, 1.54) is 35.4 Å². The lowest BCUT2D eigenvalue weighted by Gasteiger charge is -2.20. The smallest absolute Gasteiger partial charge is 0.0652 e. The predicted molar refractivity (Wildman–Crippen MR) is 78.2 cm³/mol. The van der Waals surface area contributed by atoms with Gasteiger partial charge in [-0.25, -0.2) is 0 Å². The summed E-state index contributed by atoms with van der Waals surface area (Å²) in [5.41, 5.74) is 0.205. The topological polar surface area (TPSA) is 32.3 Å². The molecule has 1 atom stereocenters. The van der Waals surface area contributed by atoms with Crippen LogP contribution < -0.4 is 5.32 Å². The molecule has 1 aromatic rings. The van der Waals surface area contributed by atoms with E-state index in [1.54, 1.807) is 0 Å². The van der Waals surface area contributed by atoms with E-state index in [2.05, 4.69) is 38.2 Å². The molecule has 3 heteroatoms. The Hall–Kier alpha value is -0.380. The minimum absolute atomic E-state index is 0.120. The summed E-state index contributed by atoms with van der Waals surface area (Å²) in [4.78, 5) is 2.67. The van der Waals surface area contributed by atoms with Crippen LogP contribution in [0, 0.1) is 0 Å². The molecule has 1 heterocycles. The Morgan fingerprint density at radius 3 is 2.50 bits per heavy atom. The molecule has 0 aromatic carbocycles. The first-order valence-electron chi connectivity index (χ1n) is 6.98. The van der Waals surface area contributed by atoms with E-state index in [4.69, 9.17) is 0 Å². The molecule has 0 bridgehead atoms. The molecule has 0 aliphatic heterocycles. The zero-order valence-electron chi connectivity index (χ0n) is 11.7. The number of hydrogen-bond donors (Lipinski definition) is 2. The van der Waals surface area contributed by atoms with Gasteiger partial charge in [-0.05, 0) is 30.4 Å². The Kier molecular flexibility index (Phi) is 4.46. The van der Waals surface area contributed by atoms with Gasteiger partial charge in [0.25, 0.3) is 0 Å². The van der Waals surface area contributed by atoms with Crippen molar-refractivity contribution in [3.8, 4) is 0 Å². The second-order valence-electron chi connectivity index (χ2n) is 6.34. The van der Waals surface area contributed by atoms with Crippen LogP contribution in [-0.4, -0.2) is 17.8 Å². The van der Waals surface area contributed by atoms with Crippen molar-refractivity contribution in [1.82, 2.24) is 5.32 Å². The molecule has 1 fully saturated rings. The molecule has 102 valence electrons. The Morgan fingerprint density at radius 2 is 2.00 bits per heavy atom. The van der Waals surface area contributed by atoms with Gasteiger partial charge in [-0.1, -0.05) is 33.6 Å². The van der Waals surface area contributed by atoms with Crippen molar-refractivity contribution in [3.63, 3.8) is 0 Å². The van der Waals surface area contributed by atoms with Gasteiger partial charge < -0.3 is 10.4 Å². The quantitative estimate of drug-likeness (QED) is 0.873. The van der Waals surface area contributed by atoms with Gasteiger partial charge in [0, 0.05) is 15.8 Å². The molecule has 2 rings (SSSR count). The summed E-state index contributed by atoms with van der Waals surface area (Å²) >= 11 is 1.83. The second kappa shape index (κ2) is 5.72. The fourth-order valence-corrected chi connectivity index (χ4v) is 3.66. The number of thiophene rings is 1. The lowest BCUT2D eigenvalue weighted by Crippen LogP contribution is -2.32. The van der Waals surface area contributed by atoms with Gasteiger partial charge in [0.1, 0.15) is 0 Å². The standard InChI is InChI=1S/C15H25NOS/c1-15(2,3)14-9-8-13(18-14)12(10-17)16-11-6-4-5-7-11/h8-9,11-12,16-17H,4-7,10H2,1-3H3. The molecule has 18 heavy (non-hydrogen) atoms. The van der Waals surface area contributed by atoms with E-state index in [9.17, 15) is 5.11 Å². The molecule has 0 radical (unpaired) electrons. The number of rotatable bonds is 4. The first-order valence-corrected chi connectivity index (χ1v) is 7.79. The van der Waals surface area contributed by atoms with Gasteiger partial charge in [-0.15, -0.1) is 11.3 Å². The van der Waals surface area contributed by atoms with Crippen LogP contribution in [0.5, 0.6) is 0 Å². The second-order valence-corrected chi connectivity index (χ2v) is 7.45. The van der Waals surface area contributed by atoms with E-state index in [0.29, 0.717) is 6.04 Å². The molecule has 1 saturated carbocycles. The van der Waals surface area contributed by atoms with Gasteiger partial charge in [0.15, 0.2) is 0 Å². The lowest BCUT2D eigenvalue weighted by atomic mass is 9.95. The van der Waals surface area contributed by atoms with E-state index >= 15 is 0 Å². The number of hydrogen-bond acceptors (Lipinski definition) is 3. The zero-order chi connectivity index (χ0) is 13.2. The molecule has 1 unspecified atom stereocenters. The highest BCUT2D eigenvalue weighted by molar-refractivity contribution is 7.12. The normalized spacial score (nSPS) is 19.3. The van der Waals surface area contributed by atoms with E-state index in [0.717, 1.165) is 0 Å². The Labute approximate surface area is 114 Å². The van der Waals surface area contributed by atoms with Crippen LogP contribution in [0.3, 0.4) is 0 Å². The maximum Gasteiger partial charge on any atom is 0.0652 e. The average molecular weight is 267 g/mol. The first kappa shape index (κ1) is 14.0. The fourth-order valence-electron chi connectivity index (χ4n) is 2.55. The van der Waals surface area contributed by atoms with Gasteiger partial charge in [-0.2, -0.15) is 0 Å². The van der Waals surface area contributed by atoms with Crippen LogP contribution in [0.1, 0.15) is 62.3 Å². The van der Waals surface area contributed by atoms with Crippen LogP contribution in [0.4, 0.5) is 0 Å². The van der Waals surface area contributed by atoms with Crippen molar-refractivity contribution < 1.29 is 5.11 Å². The van der Waals surface area contributed by atoms with Gasteiger partial charge >= 0.3 is 0 Å². The van der Waals surface area contributed by atoms with Crippen molar-refractivity contribution in [1.29, 1.82) is 0 Å². The van der Waals surface area contributed by atoms with Gasteiger partial charge in [0.05, 0.1) is 12.6 Å². The van der Waals surface area contributed by atoms with Crippen LogP contribution in [0.25, 0.3) is 0 Å². The van der Waals surface area contributed by atoms with E-state index in [1.807, 2.05) is 11.3 Å². The summed E-state index contributed by atoms with van der Waals surface area (Å²) in [6.07, 6.45) is 5.17. The molecule has 0 spiro atoms. The van der Waals surface area contributed by atoms with E-state index < -0.39 is 0 Å². The molecule has 1 aliphatic carbocycles. The predicted octanol–water partition coefficient (Wildman–Crippen LogP) is 3.61. The molecule has 1 aliphatic rings. The van der Waals surface area contributed by atoms with Gasteiger partial charge in [0.2, 0.25) is 0 Å². The van der Waals surface area contributed by atoms with Gasteiger partial charge in [-0.3, -0.25) is 0 Å². The summed E-state index contributed by atoms with van der Waals surface area (Å²) < 4.78 is 0. The van der Waals surface area contributed by atoms with Crippen molar-refractivity contribution in [2.75, 3.05) is 6.61 Å². The SMILES string of the molecule is CC(C)(C)c1ccc(C(CO)NC2CCCC2)s1. The highest BCUT2D eigenvalue weighted by Gasteiger charge is 2.23. The van der Waals surface area contributed by atoms with E-state index in [-0.39, 0.29) is 18.1 Å². The fraction of sp³-hybridized carbons (Fsp3) is 0.733. The van der Waals surface area contributed by atoms with Crippen LogP contribution >= 0.6 is 11.3 Å². The third-order valence-electron chi connectivity index (χ3n) is 3.68. The highest BCUT2D eigenvalue weighted by atomic mass is 32.1. The Bertz CT molecular complexity index is 374. The lowest BCUT2D eigenvalue weighted by molar-refractivity contribution is 0.235. The highest BCUT2D eigenvalue weighted by Crippen LogP contribution is 2.33. The molecule has 0 amide bonds. The van der Waals surface area contributed by atoms with Crippen LogP contribution in [0.2, 0.25) is 0 Å². The largest absolute Gasteiger partial charge is 0.394 e. The molecule has 2 N–H and O–H groups in total.